The van der Waals surface area contributed by atoms with Crippen molar-refractivity contribution in [3.63, 3.8) is 0 Å². The van der Waals surface area contributed by atoms with E-state index in [1.54, 1.807) is 4.68 Å². The van der Waals surface area contributed by atoms with E-state index in [0.717, 1.165) is 27.9 Å². The number of carbonyl (C=O) groups excluding carboxylic acids is 1. The molecule has 25 heavy (non-hydrogen) atoms. The number of hydrogen-bond acceptors (Lipinski definition) is 4. The minimum Gasteiger partial charge on any atom is -0.345 e. The first-order valence-corrected chi connectivity index (χ1v) is 8.12. The molecule has 126 valence electrons. The van der Waals surface area contributed by atoms with E-state index in [9.17, 15) is 4.79 Å². The maximum atomic E-state index is 12.4. The van der Waals surface area contributed by atoms with E-state index in [-0.39, 0.29) is 18.5 Å². The molecule has 0 saturated heterocycles. The minimum absolute atomic E-state index is 0.120. The van der Waals surface area contributed by atoms with E-state index in [1.165, 1.54) is 0 Å². The average molecular weight is 334 g/mol. The molecule has 7 nitrogen and oxygen atoms in total. The predicted octanol–water partition coefficient (Wildman–Crippen LogP) is 2.20. The summed E-state index contributed by atoms with van der Waals surface area (Å²) >= 11 is 0. The Bertz CT molecular complexity index is 1060. The quantitative estimate of drug-likeness (QED) is 0.620. The van der Waals surface area contributed by atoms with Crippen molar-refractivity contribution in [3.05, 3.63) is 54.4 Å². The van der Waals surface area contributed by atoms with Crippen LogP contribution in [-0.4, -0.2) is 30.5 Å². The van der Waals surface area contributed by atoms with Gasteiger partial charge >= 0.3 is 0 Å². The lowest BCUT2D eigenvalue weighted by Gasteiger charge is -2.14. The molecule has 4 aromatic rings. The number of aromatic nitrogens is 5. The topological polar surface area (TPSA) is 77.6 Å². The van der Waals surface area contributed by atoms with Gasteiger partial charge in [-0.3, -0.25) is 4.79 Å². The van der Waals surface area contributed by atoms with Crippen molar-refractivity contribution in [2.75, 3.05) is 0 Å². The second kappa shape index (κ2) is 6.01. The Labute approximate surface area is 144 Å². The lowest BCUT2D eigenvalue weighted by Crippen LogP contribution is -2.31. The largest absolute Gasteiger partial charge is 0.345 e. The molecule has 0 radical (unpaired) electrons. The lowest BCUT2D eigenvalue weighted by atomic mass is 10.3. The van der Waals surface area contributed by atoms with Crippen molar-refractivity contribution in [1.82, 2.24) is 29.9 Å². The van der Waals surface area contributed by atoms with Crippen molar-refractivity contribution >= 4 is 28.0 Å². The molecule has 0 bridgehead atoms. The van der Waals surface area contributed by atoms with Gasteiger partial charge in [-0.1, -0.05) is 29.5 Å². The van der Waals surface area contributed by atoms with Crippen LogP contribution >= 0.6 is 0 Å². The molecule has 0 aliphatic rings. The van der Waals surface area contributed by atoms with Crippen LogP contribution in [0, 0.1) is 0 Å². The number of aryl methyl sites for hydroxylation is 1. The Hall–Kier alpha value is -3.22. The number of imidazole rings is 1. The number of nitrogens with one attached hydrogen (secondary N) is 1. The Morgan fingerprint density at radius 1 is 1.08 bits per heavy atom. The summed E-state index contributed by atoms with van der Waals surface area (Å²) in [5.41, 5.74) is 3.58. The molecule has 1 atom stereocenters. The van der Waals surface area contributed by atoms with Gasteiger partial charge in [0.05, 0.1) is 22.6 Å². The number of carbonyl (C=O) groups is 1. The molecular formula is C18H18N6O. The highest BCUT2D eigenvalue weighted by molar-refractivity contribution is 5.80. The van der Waals surface area contributed by atoms with E-state index in [2.05, 4.69) is 20.6 Å². The first-order chi connectivity index (χ1) is 12.1. The van der Waals surface area contributed by atoms with Gasteiger partial charge in [0.1, 0.15) is 17.9 Å². The van der Waals surface area contributed by atoms with Crippen LogP contribution in [0.5, 0.6) is 0 Å². The third-order valence-electron chi connectivity index (χ3n) is 4.30. The Morgan fingerprint density at radius 2 is 1.76 bits per heavy atom. The van der Waals surface area contributed by atoms with Crippen LogP contribution in [0.1, 0.15) is 18.8 Å². The van der Waals surface area contributed by atoms with Crippen molar-refractivity contribution in [1.29, 1.82) is 0 Å². The molecule has 0 aliphatic heterocycles. The van der Waals surface area contributed by atoms with E-state index in [4.69, 9.17) is 0 Å². The van der Waals surface area contributed by atoms with Crippen LogP contribution in [0.4, 0.5) is 0 Å². The fourth-order valence-electron chi connectivity index (χ4n) is 3.07. The van der Waals surface area contributed by atoms with Gasteiger partial charge in [-0.15, -0.1) is 5.10 Å². The van der Waals surface area contributed by atoms with E-state index in [0.29, 0.717) is 0 Å². The fourth-order valence-corrected chi connectivity index (χ4v) is 3.07. The highest BCUT2D eigenvalue weighted by Crippen LogP contribution is 2.19. The summed E-state index contributed by atoms with van der Waals surface area (Å²) in [4.78, 5) is 17.1. The Morgan fingerprint density at radius 3 is 2.52 bits per heavy atom. The van der Waals surface area contributed by atoms with Gasteiger partial charge in [0.15, 0.2) is 0 Å². The molecule has 2 aromatic heterocycles. The molecule has 2 aromatic carbocycles. The van der Waals surface area contributed by atoms with Crippen LogP contribution in [0.25, 0.3) is 22.1 Å². The summed E-state index contributed by atoms with van der Waals surface area (Å²) < 4.78 is 3.61. The van der Waals surface area contributed by atoms with Crippen molar-refractivity contribution in [2.45, 2.75) is 19.5 Å². The molecule has 1 N–H and O–H groups in total. The van der Waals surface area contributed by atoms with Gasteiger partial charge in [-0.25, -0.2) is 9.67 Å². The zero-order valence-corrected chi connectivity index (χ0v) is 14.0. The maximum absolute atomic E-state index is 12.4. The second-order valence-corrected chi connectivity index (χ2v) is 6.04. The highest BCUT2D eigenvalue weighted by Gasteiger charge is 2.17. The smallest absolute Gasteiger partial charge is 0.242 e. The average Bonchev–Trinajstić information content (AvgIpc) is 3.17. The molecule has 0 unspecified atom stereocenters. The number of nitrogens with zero attached hydrogens (tertiary/aromatic N) is 5. The van der Waals surface area contributed by atoms with Gasteiger partial charge in [-0.2, -0.15) is 0 Å². The van der Waals surface area contributed by atoms with Crippen LogP contribution < -0.4 is 5.32 Å². The van der Waals surface area contributed by atoms with Crippen LogP contribution in [-0.2, 0) is 18.4 Å². The molecule has 7 heteroatoms. The molecule has 0 fully saturated rings. The fraction of sp³-hybridized carbons (Fsp3) is 0.222. The van der Waals surface area contributed by atoms with Crippen molar-refractivity contribution in [2.24, 2.45) is 7.05 Å². The van der Waals surface area contributed by atoms with Gasteiger partial charge in [0.2, 0.25) is 5.91 Å². The van der Waals surface area contributed by atoms with E-state index < -0.39 is 0 Å². The monoisotopic (exact) mass is 334 g/mol. The van der Waals surface area contributed by atoms with Crippen molar-refractivity contribution < 1.29 is 4.79 Å². The van der Waals surface area contributed by atoms with E-state index in [1.807, 2.05) is 67.1 Å². The summed E-state index contributed by atoms with van der Waals surface area (Å²) in [6.45, 7) is 2.05. The molecule has 0 spiro atoms. The second-order valence-electron chi connectivity index (χ2n) is 6.04. The van der Waals surface area contributed by atoms with Gasteiger partial charge in [0, 0.05) is 7.05 Å². The summed E-state index contributed by atoms with van der Waals surface area (Å²) in [5.74, 6) is 0.688. The normalized spacial score (nSPS) is 12.6. The van der Waals surface area contributed by atoms with Gasteiger partial charge < -0.3 is 9.88 Å². The Kier molecular flexibility index (Phi) is 3.68. The number of rotatable bonds is 4. The first-order valence-electron chi connectivity index (χ1n) is 8.12. The minimum atomic E-state index is -0.209. The third kappa shape index (κ3) is 2.73. The zero-order chi connectivity index (χ0) is 17.4. The highest BCUT2D eigenvalue weighted by atomic mass is 16.2. The molecule has 0 aliphatic carbocycles. The first kappa shape index (κ1) is 15.3. The van der Waals surface area contributed by atoms with Gasteiger partial charge in [-0.05, 0) is 31.2 Å². The summed E-state index contributed by atoms with van der Waals surface area (Å²) in [6.07, 6.45) is 0. The van der Waals surface area contributed by atoms with E-state index >= 15 is 0 Å². The number of para-hydroxylation sites is 3. The molecular weight excluding hydrogens is 316 g/mol. The van der Waals surface area contributed by atoms with Gasteiger partial charge in [0.25, 0.3) is 0 Å². The number of hydrogen-bond donors (Lipinski definition) is 1. The maximum Gasteiger partial charge on any atom is 0.242 e. The number of fused-ring (bicyclic) bond motifs is 2. The summed E-state index contributed by atoms with van der Waals surface area (Å²) in [5, 5.41) is 11.1. The zero-order valence-electron chi connectivity index (χ0n) is 14.0. The number of amides is 1. The molecule has 0 saturated carbocycles. The number of benzene rings is 2. The van der Waals surface area contributed by atoms with Crippen LogP contribution in [0.15, 0.2) is 48.5 Å². The molecule has 2 heterocycles. The van der Waals surface area contributed by atoms with Crippen molar-refractivity contribution in [3.8, 4) is 0 Å². The standard InChI is InChI=1S/C18H18N6O/c1-12(18-20-13-7-3-5-9-15(13)23(18)2)19-17(25)11-24-16-10-6-4-8-14(16)21-22-24/h3-10,12H,11H2,1-2H3,(H,19,25)/t12-/m0/s1. The van der Waals surface area contributed by atoms with Crippen LogP contribution in [0.2, 0.25) is 0 Å². The molecule has 4 rings (SSSR count). The molecule has 1 amide bonds. The van der Waals surface area contributed by atoms with Crippen LogP contribution in [0.3, 0.4) is 0 Å². The summed E-state index contributed by atoms with van der Waals surface area (Å²) in [7, 11) is 1.96. The SMILES string of the molecule is C[C@H](NC(=O)Cn1nnc2ccccc21)c1nc2ccccc2n1C. The third-order valence-corrected chi connectivity index (χ3v) is 4.30. The predicted molar refractivity (Wildman–Crippen MR) is 94.8 cm³/mol. The Balaban J connectivity index is 1.52. The lowest BCUT2D eigenvalue weighted by molar-refractivity contribution is -0.122. The summed E-state index contributed by atoms with van der Waals surface area (Å²) in [6, 6.07) is 15.3.